The highest BCUT2D eigenvalue weighted by atomic mass is 16.9. The molecule has 0 aliphatic rings. The van der Waals surface area contributed by atoms with Crippen molar-refractivity contribution < 1.29 is 10.3 Å². The molecule has 7 heteroatoms. The van der Waals surface area contributed by atoms with Gasteiger partial charge < -0.3 is 15.5 Å². The SMILES string of the molecule is CCC(N)c1nccn1C.O=[N+]([O-])O. The van der Waals surface area contributed by atoms with E-state index in [1.165, 1.54) is 0 Å². The molecule has 0 fully saturated rings. The average Bonchev–Trinajstić information content (AvgIpc) is 2.49. The molecule has 0 amide bonds. The van der Waals surface area contributed by atoms with Crippen LogP contribution in [0.3, 0.4) is 0 Å². The van der Waals surface area contributed by atoms with E-state index in [2.05, 4.69) is 11.9 Å². The van der Waals surface area contributed by atoms with Crippen LogP contribution in [0.1, 0.15) is 25.2 Å². The number of aromatic nitrogens is 2. The van der Waals surface area contributed by atoms with Gasteiger partial charge in [0.2, 0.25) is 0 Å². The number of hydrogen-bond donors (Lipinski definition) is 2. The zero-order chi connectivity index (χ0) is 11.1. The van der Waals surface area contributed by atoms with Crippen molar-refractivity contribution in [3.63, 3.8) is 0 Å². The van der Waals surface area contributed by atoms with Crippen molar-refractivity contribution in [1.29, 1.82) is 0 Å². The predicted octanol–water partition coefficient (Wildman–Crippen LogP) is 0.482. The minimum Gasteiger partial charge on any atom is -0.337 e. The third-order valence-electron chi connectivity index (χ3n) is 1.63. The van der Waals surface area contributed by atoms with Crippen molar-refractivity contribution in [3.8, 4) is 0 Å². The monoisotopic (exact) mass is 202 g/mol. The van der Waals surface area contributed by atoms with E-state index in [1.807, 2.05) is 17.8 Å². The highest BCUT2D eigenvalue weighted by Crippen LogP contribution is 2.08. The first-order valence-corrected chi connectivity index (χ1v) is 4.05. The molecule has 7 nitrogen and oxygen atoms in total. The van der Waals surface area contributed by atoms with E-state index in [4.69, 9.17) is 21.1 Å². The van der Waals surface area contributed by atoms with E-state index in [0.29, 0.717) is 0 Å². The van der Waals surface area contributed by atoms with E-state index in [0.717, 1.165) is 12.2 Å². The second-order valence-electron chi connectivity index (χ2n) is 2.65. The summed E-state index contributed by atoms with van der Waals surface area (Å²) >= 11 is 0. The van der Waals surface area contributed by atoms with Crippen LogP contribution in [0.5, 0.6) is 0 Å². The summed E-state index contributed by atoms with van der Waals surface area (Å²) in [4.78, 5) is 12.5. The molecule has 0 saturated heterocycles. The van der Waals surface area contributed by atoms with Gasteiger partial charge in [0.05, 0.1) is 6.04 Å². The minimum absolute atomic E-state index is 0.0833. The number of nitrogens with two attached hydrogens (primary N) is 1. The topological polar surface area (TPSA) is 107 Å². The van der Waals surface area contributed by atoms with Crippen molar-refractivity contribution in [2.45, 2.75) is 19.4 Å². The van der Waals surface area contributed by atoms with Crippen LogP contribution in [-0.2, 0) is 7.05 Å². The fourth-order valence-electron chi connectivity index (χ4n) is 0.917. The molecule has 1 unspecified atom stereocenters. The highest BCUT2D eigenvalue weighted by molar-refractivity contribution is 4.96. The van der Waals surface area contributed by atoms with Crippen molar-refractivity contribution in [3.05, 3.63) is 28.3 Å². The number of hydrogen-bond acceptors (Lipinski definition) is 4. The Kier molecular flexibility index (Phi) is 5.23. The summed E-state index contributed by atoms with van der Waals surface area (Å²) < 4.78 is 1.95. The van der Waals surface area contributed by atoms with Crippen molar-refractivity contribution in [2.24, 2.45) is 12.8 Å². The molecule has 1 atom stereocenters. The summed E-state index contributed by atoms with van der Waals surface area (Å²) in [6, 6.07) is 0.0833. The van der Waals surface area contributed by atoms with Crippen molar-refractivity contribution in [1.82, 2.24) is 9.55 Å². The normalized spacial score (nSPS) is 11.4. The molecule has 80 valence electrons. The van der Waals surface area contributed by atoms with Crippen LogP contribution in [0.2, 0.25) is 0 Å². The van der Waals surface area contributed by atoms with E-state index in [-0.39, 0.29) is 6.04 Å². The molecule has 1 rings (SSSR count). The first-order chi connectivity index (χ1) is 6.49. The van der Waals surface area contributed by atoms with Gasteiger partial charge in [-0.3, -0.25) is 0 Å². The summed E-state index contributed by atoms with van der Waals surface area (Å²) in [6.07, 6.45) is 4.61. The summed E-state index contributed by atoms with van der Waals surface area (Å²) in [5.41, 5.74) is 5.76. The van der Waals surface area contributed by atoms with Gasteiger partial charge in [0.1, 0.15) is 5.82 Å². The Morgan fingerprint density at radius 1 is 1.86 bits per heavy atom. The summed E-state index contributed by atoms with van der Waals surface area (Å²) in [5.74, 6) is 0.961. The fraction of sp³-hybridized carbons (Fsp3) is 0.571. The number of aryl methyl sites for hydroxylation is 1. The fourth-order valence-corrected chi connectivity index (χ4v) is 0.917. The lowest BCUT2D eigenvalue weighted by Crippen LogP contribution is -2.13. The first-order valence-electron chi connectivity index (χ1n) is 4.05. The molecule has 14 heavy (non-hydrogen) atoms. The van der Waals surface area contributed by atoms with Crippen LogP contribution in [0.4, 0.5) is 0 Å². The van der Waals surface area contributed by atoms with E-state index in [1.54, 1.807) is 6.20 Å². The van der Waals surface area contributed by atoms with Crippen LogP contribution >= 0.6 is 0 Å². The number of nitrogens with zero attached hydrogens (tertiary/aromatic N) is 3. The van der Waals surface area contributed by atoms with Gasteiger partial charge in [-0.1, -0.05) is 6.92 Å². The highest BCUT2D eigenvalue weighted by Gasteiger charge is 2.06. The van der Waals surface area contributed by atoms with Gasteiger partial charge in [0.15, 0.2) is 0 Å². The zero-order valence-electron chi connectivity index (χ0n) is 8.12. The van der Waals surface area contributed by atoms with Gasteiger partial charge in [-0.05, 0) is 6.42 Å². The lowest BCUT2D eigenvalue weighted by atomic mass is 10.2. The standard InChI is InChI=1S/C7H13N3.HNO3/c1-3-6(8)7-9-4-5-10(7)2;2-1(3)4/h4-6H,3,8H2,1-2H3;(H,2,3,4). The van der Waals surface area contributed by atoms with Crippen LogP contribution < -0.4 is 5.73 Å². The van der Waals surface area contributed by atoms with Gasteiger partial charge in [-0.25, -0.2) is 4.98 Å². The molecule has 1 aromatic rings. The molecule has 3 N–H and O–H groups in total. The molecule has 0 bridgehead atoms. The Labute approximate surface area is 81.3 Å². The Balaban J connectivity index is 0.000000364. The van der Waals surface area contributed by atoms with Gasteiger partial charge in [0, 0.05) is 19.4 Å². The Hall–Kier alpha value is -1.63. The average molecular weight is 202 g/mol. The van der Waals surface area contributed by atoms with Gasteiger partial charge >= 0.3 is 0 Å². The third-order valence-corrected chi connectivity index (χ3v) is 1.63. The molecule has 0 spiro atoms. The van der Waals surface area contributed by atoms with Gasteiger partial charge in [-0.15, -0.1) is 10.1 Å². The van der Waals surface area contributed by atoms with Crippen LogP contribution in [0, 0.1) is 10.1 Å². The van der Waals surface area contributed by atoms with Gasteiger partial charge in [0.25, 0.3) is 5.09 Å². The van der Waals surface area contributed by atoms with E-state index >= 15 is 0 Å². The molecular formula is C7H14N4O3. The minimum atomic E-state index is -1.50. The molecule has 0 aromatic carbocycles. The van der Waals surface area contributed by atoms with Gasteiger partial charge in [-0.2, -0.15) is 0 Å². The smallest absolute Gasteiger partial charge is 0.291 e. The number of rotatable bonds is 2. The zero-order valence-corrected chi connectivity index (χ0v) is 8.12. The Bertz CT molecular complexity index is 282. The van der Waals surface area contributed by atoms with Crippen molar-refractivity contribution in [2.75, 3.05) is 0 Å². The molecule has 0 radical (unpaired) electrons. The maximum Gasteiger partial charge on any atom is 0.291 e. The lowest BCUT2D eigenvalue weighted by Gasteiger charge is -2.07. The second-order valence-corrected chi connectivity index (χ2v) is 2.65. The van der Waals surface area contributed by atoms with Crippen LogP contribution in [-0.4, -0.2) is 19.8 Å². The summed E-state index contributed by atoms with van der Waals surface area (Å²) in [6.45, 7) is 2.05. The largest absolute Gasteiger partial charge is 0.337 e. The second kappa shape index (κ2) is 5.92. The molecule has 0 saturated carbocycles. The molecular weight excluding hydrogens is 188 g/mol. The Morgan fingerprint density at radius 2 is 2.36 bits per heavy atom. The van der Waals surface area contributed by atoms with Crippen molar-refractivity contribution >= 4 is 0 Å². The molecule has 0 aliphatic heterocycles. The van der Waals surface area contributed by atoms with Crippen LogP contribution in [0.15, 0.2) is 12.4 Å². The molecule has 1 aromatic heterocycles. The lowest BCUT2D eigenvalue weighted by molar-refractivity contribution is -0.742. The quantitative estimate of drug-likeness (QED) is 0.535. The first kappa shape index (κ1) is 12.4. The maximum atomic E-state index is 8.36. The summed E-state index contributed by atoms with van der Waals surface area (Å²) in [7, 11) is 1.96. The van der Waals surface area contributed by atoms with E-state index < -0.39 is 5.09 Å². The number of imidazole rings is 1. The molecule has 1 heterocycles. The summed E-state index contributed by atoms with van der Waals surface area (Å²) in [5, 5.41) is 13.6. The third kappa shape index (κ3) is 4.41. The van der Waals surface area contributed by atoms with Crippen LogP contribution in [0.25, 0.3) is 0 Å². The van der Waals surface area contributed by atoms with E-state index in [9.17, 15) is 0 Å². The molecule has 0 aliphatic carbocycles. The predicted molar refractivity (Wildman–Crippen MR) is 49.2 cm³/mol. The maximum absolute atomic E-state index is 8.36. The Morgan fingerprint density at radius 3 is 2.64 bits per heavy atom.